The lowest BCUT2D eigenvalue weighted by atomic mass is 10.1. The summed E-state index contributed by atoms with van der Waals surface area (Å²) in [6.07, 6.45) is 3.02. The van der Waals surface area contributed by atoms with Gasteiger partial charge in [-0.15, -0.1) is 0 Å². The first-order valence-electron chi connectivity index (χ1n) is 9.87. The van der Waals surface area contributed by atoms with Crippen LogP contribution < -0.4 is 10.9 Å². The molecule has 0 bridgehead atoms. The lowest BCUT2D eigenvalue weighted by molar-refractivity contribution is 0.247. The molecule has 2 N–H and O–H groups in total. The van der Waals surface area contributed by atoms with Crippen LogP contribution in [0.4, 0.5) is 20.5 Å². The Morgan fingerprint density at radius 1 is 1.09 bits per heavy atom. The Morgan fingerprint density at radius 3 is 2.61 bits per heavy atom. The van der Waals surface area contributed by atoms with Crippen molar-refractivity contribution < 1.29 is 13.9 Å². The highest BCUT2D eigenvalue weighted by Gasteiger charge is 2.16. The number of halogens is 3. The van der Waals surface area contributed by atoms with Gasteiger partial charge in [0, 0.05) is 24.0 Å². The third kappa shape index (κ3) is 4.89. The average molecular weight is 470 g/mol. The maximum Gasteiger partial charge on any atom is 0.251 e. The number of nitrogens with zero attached hydrogens (tertiary/aromatic N) is 4. The third-order valence-electron chi connectivity index (χ3n) is 5.00. The zero-order chi connectivity index (χ0) is 23.5. The lowest BCUT2D eigenvalue weighted by Gasteiger charge is -2.18. The zero-order valence-electron chi connectivity index (χ0n) is 17.3. The molecule has 33 heavy (non-hydrogen) atoms. The number of hydrogen-bond acceptors (Lipinski definition) is 6. The molecular weight excluding hydrogens is 452 g/mol. The van der Waals surface area contributed by atoms with E-state index in [-0.39, 0.29) is 16.7 Å². The first-order chi connectivity index (χ1) is 15.9. The molecule has 4 aromatic rings. The van der Waals surface area contributed by atoms with E-state index in [9.17, 15) is 18.7 Å². The number of aryl methyl sites for hydroxylation is 1. The monoisotopic (exact) mass is 469 g/mol. The van der Waals surface area contributed by atoms with Gasteiger partial charge < -0.3 is 15.0 Å². The number of pyridine rings is 2. The highest BCUT2D eigenvalue weighted by atomic mass is 35.5. The van der Waals surface area contributed by atoms with Gasteiger partial charge in [0.05, 0.1) is 29.1 Å². The molecule has 0 amide bonds. The summed E-state index contributed by atoms with van der Waals surface area (Å²) in [5, 5.41) is 12.7. The molecule has 4 rings (SSSR count). The van der Waals surface area contributed by atoms with Gasteiger partial charge in [-0.25, -0.2) is 23.7 Å². The molecule has 3 aromatic heterocycles. The molecule has 3 heterocycles. The maximum atomic E-state index is 13.9. The summed E-state index contributed by atoms with van der Waals surface area (Å²) in [4.78, 5) is 25.4. The number of aromatic nitrogens is 4. The van der Waals surface area contributed by atoms with Crippen molar-refractivity contribution in [3.63, 3.8) is 0 Å². The van der Waals surface area contributed by atoms with Crippen molar-refractivity contribution in [2.75, 3.05) is 11.9 Å². The first-order valence-corrected chi connectivity index (χ1v) is 10.2. The summed E-state index contributed by atoms with van der Waals surface area (Å²) in [7, 11) is 0. The van der Waals surface area contributed by atoms with Crippen LogP contribution in [0.25, 0.3) is 11.3 Å². The average Bonchev–Trinajstić information content (AvgIpc) is 2.80. The fraction of sp³-hybridized carbons (Fsp3) is 0.130. The molecular formula is C23H18ClF2N5O2. The van der Waals surface area contributed by atoms with Crippen LogP contribution in [-0.2, 0) is 0 Å². The molecule has 0 spiro atoms. The summed E-state index contributed by atoms with van der Waals surface area (Å²) < 4.78 is 28.6. The maximum absolute atomic E-state index is 13.9. The number of rotatable bonds is 6. The Balaban J connectivity index is 1.62. The fourth-order valence-electron chi connectivity index (χ4n) is 3.29. The van der Waals surface area contributed by atoms with Gasteiger partial charge in [-0.05, 0) is 48.9 Å². The van der Waals surface area contributed by atoms with Gasteiger partial charge in [-0.3, -0.25) is 4.79 Å². The third-order valence-corrected chi connectivity index (χ3v) is 5.30. The highest BCUT2D eigenvalue weighted by molar-refractivity contribution is 6.30. The molecule has 0 aliphatic rings. The molecule has 0 radical (unpaired) electrons. The van der Waals surface area contributed by atoms with E-state index in [0.717, 1.165) is 0 Å². The van der Waals surface area contributed by atoms with E-state index in [4.69, 9.17) is 11.6 Å². The SMILES string of the molecule is Cc1nc(Nc2nccc(-c3ccn(C(CO)c4ccc(Cl)c(F)c4)c(=O)c3)n2)ccc1F. The van der Waals surface area contributed by atoms with E-state index in [1.54, 1.807) is 25.1 Å². The summed E-state index contributed by atoms with van der Waals surface area (Å²) in [5.74, 6) is -0.454. The summed E-state index contributed by atoms with van der Waals surface area (Å²) >= 11 is 5.73. The summed E-state index contributed by atoms with van der Waals surface area (Å²) in [6.45, 7) is 1.14. The Kier molecular flexibility index (Phi) is 6.43. The van der Waals surface area contributed by atoms with Crippen molar-refractivity contribution in [1.29, 1.82) is 0 Å². The minimum absolute atomic E-state index is 0.0442. The first kappa shape index (κ1) is 22.5. The van der Waals surface area contributed by atoms with Crippen molar-refractivity contribution in [2.24, 2.45) is 0 Å². The Labute approximate surface area is 192 Å². The molecule has 0 aliphatic carbocycles. The zero-order valence-corrected chi connectivity index (χ0v) is 18.1. The van der Waals surface area contributed by atoms with Crippen LogP contribution in [0.1, 0.15) is 17.3 Å². The number of anilines is 2. The van der Waals surface area contributed by atoms with E-state index >= 15 is 0 Å². The quantitative estimate of drug-likeness (QED) is 0.438. The molecule has 1 unspecified atom stereocenters. The Morgan fingerprint density at radius 2 is 1.91 bits per heavy atom. The molecule has 0 saturated heterocycles. The Bertz CT molecular complexity index is 1380. The second-order valence-electron chi connectivity index (χ2n) is 7.19. The molecule has 0 fully saturated rings. The normalized spacial score (nSPS) is 11.9. The van der Waals surface area contributed by atoms with Crippen LogP contribution in [0.2, 0.25) is 5.02 Å². The van der Waals surface area contributed by atoms with Crippen LogP contribution in [0, 0.1) is 18.6 Å². The lowest BCUT2D eigenvalue weighted by Crippen LogP contribution is -2.27. The number of hydrogen-bond donors (Lipinski definition) is 2. The minimum Gasteiger partial charge on any atom is -0.394 e. The van der Waals surface area contributed by atoms with E-state index in [0.29, 0.717) is 22.6 Å². The minimum atomic E-state index is -0.784. The van der Waals surface area contributed by atoms with Gasteiger partial charge in [0.1, 0.15) is 17.5 Å². The van der Waals surface area contributed by atoms with Crippen LogP contribution in [-0.4, -0.2) is 31.2 Å². The molecule has 0 aliphatic heterocycles. The van der Waals surface area contributed by atoms with Crippen molar-refractivity contribution >= 4 is 23.4 Å². The number of aliphatic hydroxyl groups is 1. The van der Waals surface area contributed by atoms with Crippen molar-refractivity contribution in [3.8, 4) is 11.3 Å². The number of aliphatic hydroxyl groups excluding tert-OH is 1. The summed E-state index contributed by atoms with van der Waals surface area (Å²) in [6, 6.07) is 10.7. The van der Waals surface area contributed by atoms with E-state index in [1.807, 2.05) is 0 Å². The Hall–Kier alpha value is -3.69. The second-order valence-corrected chi connectivity index (χ2v) is 7.59. The number of benzene rings is 1. The molecule has 0 saturated carbocycles. The van der Waals surface area contributed by atoms with E-state index in [1.165, 1.54) is 47.3 Å². The van der Waals surface area contributed by atoms with Gasteiger partial charge in [0.25, 0.3) is 5.56 Å². The standard InChI is InChI=1S/C23H18ClF2N5O2/c1-13-17(25)4-5-21(28-13)30-23-27-8-6-19(29-23)14-7-9-31(22(33)11-14)20(12-32)15-2-3-16(24)18(26)10-15/h2-11,20,32H,12H2,1H3,(H,27,28,29,30). The second kappa shape index (κ2) is 9.43. The van der Waals surface area contributed by atoms with Crippen LogP contribution in [0.5, 0.6) is 0 Å². The topological polar surface area (TPSA) is 92.9 Å². The van der Waals surface area contributed by atoms with Crippen LogP contribution in [0.15, 0.2) is 65.7 Å². The molecule has 7 nitrogen and oxygen atoms in total. The van der Waals surface area contributed by atoms with Gasteiger partial charge >= 0.3 is 0 Å². The van der Waals surface area contributed by atoms with Crippen molar-refractivity contribution in [3.05, 3.63) is 99.2 Å². The molecule has 1 atom stereocenters. The highest BCUT2D eigenvalue weighted by Crippen LogP contribution is 2.23. The van der Waals surface area contributed by atoms with E-state index in [2.05, 4.69) is 20.3 Å². The molecule has 10 heteroatoms. The van der Waals surface area contributed by atoms with E-state index < -0.39 is 29.8 Å². The van der Waals surface area contributed by atoms with Crippen molar-refractivity contribution in [1.82, 2.24) is 19.5 Å². The van der Waals surface area contributed by atoms with Crippen LogP contribution >= 0.6 is 11.6 Å². The van der Waals surface area contributed by atoms with Gasteiger partial charge in [0.15, 0.2) is 0 Å². The van der Waals surface area contributed by atoms with Crippen molar-refractivity contribution in [2.45, 2.75) is 13.0 Å². The molecule has 168 valence electrons. The number of nitrogens with one attached hydrogen (secondary N) is 1. The van der Waals surface area contributed by atoms with Crippen LogP contribution in [0.3, 0.4) is 0 Å². The summed E-state index contributed by atoms with van der Waals surface area (Å²) in [5.41, 5.74) is 1.21. The fourth-order valence-corrected chi connectivity index (χ4v) is 3.41. The smallest absolute Gasteiger partial charge is 0.251 e. The van der Waals surface area contributed by atoms with Gasteiger partial charge in [-0.2, -0.15) is 0 Å². The predicted molar refractivity (Wildman–Crippen MR) is 121 cm³/mol. The van der Waals surface area contributed by atoms with Gasteiger partial charge in [0.2, 0.25) is 5.95 Å². The predicted octanol–water partition coefficient (Wildman–Crippen LogP) is 4.27. The molecule has 1 aromatic carbocycles. The van der Waals surface area contributed by atoms with Gasteiger partial charge in [-0.1, -0.05) is 17.7 Å². The largest absolute Gasteiger partial charge is 0.394 e.